The Hall–Kier alpha value is -0.353. The monoisotopic (exact) mass is 242 g/mol. The Kier molecular flexibility index (Phi) is 2.70. The molecule has 0 unspecified atom stereocenters. The van der Waals surface area contributed by atoms with E-state index in [2.05, 4.69) is 33.9 Å². The lowest BCUT2D eigenvalue weighted by Crippen LogP contribution is -2.43. The molecule has 0 aromatic heterocycles. The zero-order valence-corrected chi connectivity index (χ0v) is 11.9. The second-order valence-corrected chi connectivity index (χ2v) is 11.3. The van der Waals surface area contributed by atoms with E-state index in [4.69, 9.17) is 9.16 Å². The smallest absolute Gasteiger partial charge is 0.313 e. The number of carbonyl (C=O) groups is 1. The standard InChI is InChI=1S/C12H22O3Si/c1-12(2,3)16(4,5)15-8-6-9-10(7-8)14-11(9)13/h8-10H,6-7H2,1-5H3/t8-,9+,10-/m1/s1. The number of esters is 1. The average molecular weight is 242 g/mol. The van der Waals surface area contributed by atoms with Crippen LogP contribution >= 0.6 is 0 Å². The summed E-state index contributed by atoms with van der Waals surface area (Å²) in [4.78, 5) is 11.2. The van der Waals surface area contributed by atoms with Crippen molar-refractivity contribution in [3.05, 3.63) is 0 Å². The predicted molar refractivity (Wildman–Crippen MR) is 64.7 cm³/mol. The maximum absolute atomic E-state index is 11.2. The molecule has 16 heavy (non-hydrogen) atoms. The molecule has 1 saturated carbocycles. The van der Waals surface area contributed by atoms with Crippen LogP contribution < -0.4 is 0 Å². The summed E-state index contributed by atoms with van der Waals surface area (Å²) in [7, 11) is -1.69. The fourth-order valence-electron chi connectivity index (χ4n) is 2.19. The lowest BCUT2D eigenvalue weighted by Gasteiger charge is -2.38. The molecule has 1 aliphatic heterocycles. The Labute approximate surface area is 98.6 Å². The van der Waals surface area contributed by atoms with Crippen LogP contribution in [0.2, 0.25) is 18.1 Å². The van der Waals surface area contributed by atoms with Crippen molar-refractivity contribution in [3.63, 3.8) is 0 Å². The normalized spacial score (nSPS) is 34.3. The molecule has 1 aliphatic carbocycles. The molecule has 0 amide bonds. The van der Waals surface area contributed by atoms with Gasteiger partial charge in [0, 0.05) is 12.5 Å². The van der Waals surface area contributed by atoms with E-state index in [-0.39, 0.29) is 29.1 Å². The molecule has 92 valence electrons. The summed E-state index contributed by atoms with van der Waals surface area (Å²) < 4.78 is 11.4. The van der Waals surface area contributed by atoms with E-state index in [0.717, 1.165) is 12.8 Å². The third-order valence-corrected chi connectivity index (χ3v) is 8.83. The maximum Gasteiger partial charge on any atom is 0.313 e. The molecule has 3 nitrogen and oxygen atoms in total. The Balaban J connectivity index is 1.94. The molecule has 0 bridgehead atoms. The van der Waals surface area contributed by atoms with Crippen LogP contribution in [-0.2, 0) is 14.0 Å². The molecule has 2 rings (SSSR count). The van der Waals surface area contributed by atoms with Crippen molar-refractivity contribution < 1.29 is 14.0 Å². The first-order chi connectivity index (χ1) is 7.21. The highest BCUT2D eigenvalue weighted by molar-refractivity contribution is 6.74. The molecule has 3 atom stereocenters. The lowest BCUT2D eigenvalue weighted by atomic mass is 10.0. The van der Waals surface area contributed by atoms with Crippen molar-refractivity contribution >= 4 is 14.3 Å². The van der Waals surface area contributed by atoms with Crippen LogP contribution in [0.4, 0.5) is 0 Å². The van der Waals surface area contributed by atoms with Crippen LogP contribution in [0.5, 0.6) is 0 Å². The van der Waals surface area contributed by atoms with E-state index in [9.17, 15) is 4.79 Å². The highest BCUT2D eigenvalue weighted by Gasteiger charge is 2.52. The van der Waals surface area contributed by atoms with Gasteiger partial charge < -0.3 is 9.16 Å². The quantitative estimate of drug-likeness (QED) is 0.552. The number of carbonyl (C=O) groups excluding carboxylic acids is 1. The van der Waals surface area contributed by atoms with Crippen molar-refractivity contribution in [3.8, 4) is 0 Å². The first-order valence-corrected chi connectivity index (χ1v) is 9.00. The second-order valence-electron chi connectivity index (χ2n) is 6.55. The molecule has 0 spiro atoms. The fraction of sp³-hybridized carbons (Fsp3) is 0.917. The van der Waals surface area contributed by atoms with Crippen LogP contribution in [0.15, 0.2) is 0 Å². The van der Waals surface area contributed by atoms with Gasteiger partial charge in [0.25, 0.3) is 0 Å². The minimum absolute atomic E-state index is 0.0219. The molecule has 0 radical (unpaired) electrons. The van der Waals surface area contributed by atoms with E-state index in [1.165, 1.54) is 0 Å². The van der Waals surface area contributed by atoms with Gasteiger partial charge in [-0.05, 0) is 24.6 Å². The lowest BCUT2D eigenvalue weighted by molar-refractivity contribution is -0.179. The van der Waals surface area contributed by atoms with Crippen LogP contribution in [0.3, 0.4) is 0 Å². The van der Waals surface area contributed by atoms with Crippen molar-refractivity contribution in [1.29, 1.82) is 0 Å². The largest absolute Gasteiger partial charge is 0.461 e. The number of ether oxygens (including phenoxy) is 1. The van der Waals surface area contributed by atoms with Gasteiger partial charge in [-0.3, -0.25) is 4.79 Å². The van der Waals surface area contributed by atoms with Gasteiger partial charge in [0.1, 0.15) is 6.10 Å². The second kappa shape index (κ2) is 3.57. The minimum atomic E-state index is -1.69. The van der Waals surface area contributed by atoms with Gasteiger partial charge in [-0.2, -0.15) is 0 Å². The van der Waals surface area contributed by atoms with Crippen LogP contribution in [-0.4, -0.2) is 26.5 Å². The molecular weight excluding hydrogens is 220 g/mol. The first kappa shape index (κ1) is 12.1. The van der Waals surface area contributed by atoms with Gasteiger partial charge in [0.05, 0.1) is 5.92 Å². The van der Waals surface area contributed by atoms with Crippen LogP contribution in [0, 0.1) is 5.92 Å². The molecule has 0 aromatic carbocycles. The number of hydrogen-bond acceptors (Lipinski definition) is 3. The van der Waals surface area contributed by atoms with Crippen molar-refractivity contribution in [2.75, 3.05) is 0 Å². The molecule has 1 saturated heterocycles. The Morgan fingerprint density at radius 3 is 2.38 bits per heavy atom. The summed E-state index contributed by atoms with van der Waals surface area (Å²) in [6.07, 6.45) is 2.17. The van der Waals surface area contributed by atoms with E-state index in [1.54, 1.807) is 0 Å². The molecular formula is C12H22O3Si. The summed E-state index contributed by atoms with van der Waals surface area (Å²) >= 11 is 0. The number of rotatable bonds is 2. The summed E-state index contributed by atoms with van der Waals surface area (Å²) in [6, 6.07) is 0. The molecule has 2 aliphatic rings. The van der Waals surface area contributed by atoms with Gasteiger partial charge in [-0.15, -0.1) is 0 Å². The zero-order valence-electron chi connectivity index (χ0n) is 10.9. The van der Waals surface area contributed by atoms with E-state index < -0.39 is 8.32 Å². The van der Waals surface area contributed by atoms with Crippen molar-refractivity contribution in [2.45, 2.75) is 64.0 Å². The third kappa shape index (κ3) is 1.93. The number of hydrogen-bond donors (Lipinski definition) is 0. The first-order valence-electron chi connectivity index (χ1n) is 6.09. The topological polar surface area (TPSA) is 35.5 Å². The Morgan fingerprint density at radius 2 is 1.94 bits per heavy atom. The molecule has 0 N–H and O–H groups in total. The summed E-state index contributed by atoms with van der Waals surface area (Å²) in [6.45, 7) is 11.2. The highest BCUT2D eigenvalue weighted by atomic mass is 28.4. The van der Waals surface area contributed by atoms with E-state index >= 15 is 0 Å². The van der Waals surface area contributed by atoms with Crippen LogP contribution in [0.25, 0.3) is 0 Å². The summed E-state index contributed by atoms with van der Waals surface area (Å²) in [5, 5.41) is 0.236. The molecule has 2 fully saturated rings. The summed E-state index contributed by atoms with van der Waals surface area (Å²) in [5.74, 6) is 0.112. The number of fused-ring (bicyclic) bond motifs is 1. The third-order valence-electron chi connectivity index (χ3n) is 4.30. The van der Waals surface area contributed by atoms with Crippen LogP contribution in [0.1, 0.15) is 33.6 Å². The molecule has 4 heteroatoms. The van der Waals surface area contributed by atoms with Gasteiger partial charge in [0.2, 0.25) is 0 Å². The average Bonchev–Trinajstić information content (AvgIpc) is 2.40. The fourth-order valence-corrected chi connectivity index (χ4v) is 3.57. The maximum atomic E-state index is 11.2. The van der Waals surface area contributed by atoms with Crippen molar-refractivity contribution in [1.82, 2.24) is 0 Å². The Morgan fingerprint density at radius 1 is 1.31 bits per heavy atom. The predicted octanol–water partition coefficient (Wildman–Crippen LogP) is 2.71. The van der Waals surface area contributed by atoms with Gasteiger partial charge >= 0.3 is 5.97 Å². The molecule has 1 heterocycles. The van der Waals surface area contributed by atoms with E-state index in [1.807, 2.05) is 0 Å². The SMILES string of the molecule is CC(C)(C)[Si](C)(C)O[C@@H]1C[C@@H]2C(=O)O[C@@H]2C1. The molecule has 0 aromatic rings. The van der Waals surface area contributed by atoms with E-state index in [0.29, 0.717) is 0 Å². The van der Waals surface area contributed by atoms with Crippen molar-refractivity contribution in [2.24, 2.45) is 5.92 Å². The Bertz CT molecular complexity index is 306. The zero-order chi connectivity index (χ0) is 12.1. The highest BCUT2D eigenvalue weighted by Crippen LogP contribution is 2.43. The van der Waals surface area contributed by atoms with Gasteiger partial charge in [-0.25, -0.2) is 0 Å². The minimum Gasteiger partial charge on any atom is -0.461 e. The van der Waals surface area contributed by atoms with Gasteiger partial charge in [-0.1, -0.05) is 20.8 Å². The summed E-state index contributed by atoms with van der Waals surface area (Å²) in [5.41, 5.74) is 0. The van der Waals surface area contributed by atoms with Gasteiger partial charge in [0.15, 0.2) is 8.32 Å².